The highest BCUT2D eigenvalue weighted by molar-refractivity contribution is 5.38. The minimum absolute atomic E-state index is 0.188. The van der Waals surface area contributed by atoms with Crippen molar-refractivity contribution in [3.63, 3.8) is 0 Å². The summed E-state index contributed by atoms with van der Waals surface area (Å²) in [6, 6.07) is 29.0. The van der Waals surface area contributed by atoms with E-state index in [-0.39, 0.29) is 11.9 Å². The predicted octanol–water partition coefficient (Wildman–Crippen LogP) is 6.08. The molecule has 3 aromatic carbocycles. The smallest absolute Gasteiger partial charge is 0.325 e. The molecule has 0 bridgehead atoms. The van der Waals surface area contributed by atoms with Crippen molar-refractivity contribution in [1.82, 2.24) is 9.97 Å². The Kier molecular flexibility index (Phi) is 5.68. The van der Waals surface area contributed by atoms with Crippen LogP contribution in [0.4, 0.5) is 0 Å². The van der Waals surface area contributed by atoms with E-state index < -0.39 is 0 Å². The van der Waals surface area contributed by atoms with Crippen LogP contribution in [0.15, 0.2) is 91.1 Å². The summed E-state index contributed by atoms with van der Waals surface area (Å²) in [5.41, 5.74) is 2.98. The van der Waals surface area contributed by atoms with Gasteiger partial charge in [0, 0.05) is 18.2 Å². The van der Waals surface area contributed by atoms with E-state index in [0.29, 0.717) is 22.9 Å². The van der Waals surface area contributed by atoms with Crippen LogP contribution in [0.5, 0.6) is 23.4 Å². The SMILES string of the molecule is CC(c1ccccc1)c1ccc(Oc2nccc(Oc3cccc(C#N)c3)n2)cc1. The Balaban J connectivity index is 1.45. The van der Waals surface area contributed by atoms with Crippen LogP contribution in [0.2, 0.25) is 0 Å². The first-order valence-corrected chi connectivity index (χ1v) is 9.55. The van der Waals surface area contributed by atoms with E-state index >= 15 is 0 Å². The summed E-state index contributed by atoms with van der Waals surface area (Å²) in [5.74, 6) is 1.79. The van der Waals surface area contributed by atoms with Gasteiger partial charge in [0.2, 0.25) is 5.88 Å². The Bertz CT molecular complexity index is 1170. The van der Waals surface area contributed by atoms with Gasteiger partial charge >= 0.3 is 6.01 Å². The van der Waals surface area contributed by atoms with Crippen LogP contribution < -0.4 is 9.47 Å². The lowest BCUT2D eigenvalue weighted by atomic mass is 9.93. The van der Waals surface area contributed by atoms with E-state index in [1.807, 2.05) is 42.5 Å². The second-order valence-corrected chi connectivity index (χ2v) is 6.72. The zero-order valence-corrected chi connectivity index (χ0v) is 16.4. The number of nitrogens with zero attached hydrogens (tertiary/aromatic N) is 3. The highest BCUT2D eigenvalue weighted by atomic mass is 16.5. The number of rotatable bonds is 6. The van der Waals surface area contributed by atoms with Crippen LogP contribution in [-0.4, -0.2) is 9.97 Å². The molecule has 1 unspecified atom stereocenters. The Labute approximate surface area is 175 Å². The average molecular weight is 393 g/mol. The Hall–Kier alpha value is -4.17. The third-order valence-corrected chi connectivity index (χ3v) is 4.68. The van der Waals surface area contributed by atoms with Gasteiger partial charge in [-0.15, -0.1) is 0 Å². The van der Waals surface area contributed by atoms with Gasteiger partial charge in [-0.3, -0.25) is 0 Å². The van der Waals surface area contributed by atoms with E-state index in [2.05, 4.69) is 35.1 Å². The molecule has 4 rings (SSSR count). The summed E-state index contributed by atoms with van der Waals surface area (Å²) in [7, 11) is 0. The second kappa shape index (κ2) is 8.89. The second-order valence-electron chi connectivity index (χ2n) is 6.72. The standard InChI is InChI=1S/C25H19N3O2/c1-18(20-7-3-2-4-8-20)21-10-12-22(13-11-21)30-25-27-15-14-24(28-25)29-23-9-5-6-19(16-23)17-26/h2-16,18H,1H3. The molecule has 4 aromatic rings. The van der Waals surface area contributed by atoms with Gasteiger partial charge in [0.05, 0.1) is 11.6 Å². The summed E-state index contributed by atoms with van der Waals surface area (Å²) < 4.78 is 11.5. The lowest BCUT2D eigenvalue weighted by molar-refractivity contribution is 0.411. The molecule has 0 fully saturated rings. The van der Waals surface area contributed by atoms with Crippen molar-refractivity contribution in [2.45, 2.75) is 12.8 Å². The molecule has 146 valence electrons. The maximum absolute atomic E-state index is 9.00. The summed E-state index contributed by atoms with van der Waals surface area (Å²) in [6.07, 6.45) is 1.57. The third-order valence-electron chi connectivity index (χ3n) is 4.68. The number of aromatic nitrogens is 2. The molecule has 0 N–H and O–H groups in total. The number of hydrogen-bond acceptors (Lipinski definition) is 5. The lowest BCUT2D eigenvalue weighted by Gasteiger charge is -2.13. The minimum atomic E-state index is 0.188. The molecule has 0 spiro atoms. The van der Waals surface area contributed by atoms with Crippen LogP contribution >= 0.6 is 0 Å². The molecule has 0 saturated heterocycles. The van der Waals surface area contributed by atoms with E-state index in [9.17, 15) is 0 Å². The molecule has 0 aliphatic rings. The van der Waals surface area contributed by atoms with Crippen LogP contribution in [-0.2, 0) is 0 Å². The van der Waals surface area contributed by atoms with Crippen LogP contribution in [0.1, 0.15) is 29.5 Å². The molecule has 5 nitrogen and oxygen atoms in total. The Morgan fingerprint density at radius 2 is 1.57 bits per heavy atom. The van der Waals surface area contributed by atoms with Gasteiger partial charge in [0.25, 0.3) is 0 Å². The zero-order valence-electron chi connectivity index (χ0n) is 16.4. The third kappa shape index (κ3) is 4.62. The van der Waals surface area contributed by atoms with E-state index in [0.717, 1.165) is 0 Å². The molecule has 1 atom stereocenters. The van der Waals surface area contributed by atoms with Gasteiger partial charge in [-0.25, -0.2) is 4.98 Å². The number of benzene rings is 3. The van der Waals surface area contributed by atoms with Gasteiger partial charge in [-0.05, 0) is 41.5 Å². The van der Waals surface area contributed by atoms with Crippen LogP contribution in [0, 0.1) is 11.3 Å². The predicted molar refractivity (Wildman–Crippen MR) is 114 cm³/mol. The van der Waals surface area contributed by atoms with Gasteiger partial charge < -0.3 is 9.47 Å². The lowest BCUT2D eigenvalue weighted by Crippen LogP contribution is -1.97. The van der Waals surface area contributed by atoms with Crippen LogP contribution in [0.3, 0.4) is 0 Å². The maximum Gasteiger partial charge on any atom is 0.325 e. The van der Waals surface area contributed by atoms with Crippen molar-refractivity contribution in [2.24, 2.45) is 0 Å². The van der Waals surface area contributed by atoms with Gasteiger partial charge in [0.1, 0.15) is 11.5 Å². The Morgan fingerprint density at radius 1 is 0.800 bits per heavy atom. The molecule has 1 aromatic heterocycles. The number of nitriles is 1. The van der Waals surface area contributed by atoms with Crippen LogP contribution in [0.25, 0.3) is 0 Å². The van der Waals surface area contributed by atoms with Crippen molar-refractivity contribution < 1.29 is 9.47 Å². The molecule has 0 amide bonds. The normalized spacial score (nSPS) is 11.3. The largest absolute Gasteiger partial charge is 0.439 e. The quantitative estimate of drug-likeness (QED) is 0.397. The summed E-state index contributed by atoms with van der Waals surface area (Å²) in [5, 5.41) is 9.00. The molecule has 0 radical (unpaired) electrons. The fourth-order valence-corrected chi connectivity index (χ4v) is 3.05. The first kappa shape index (κ1) is 19.2. The number of ether oxygens (including phenoxy) is 2. The molecular formula is C25H19N3O2. The van der Waals surface area contributed by atoms with Crippen molar-refractivity contribution in [1.29, 1.82) is 5.26 Å². The molecule has 0 aliphatic heterocycles. The molecule has 0 saturated carbocycles. The van der Waals surface area contributed by atoms with E-state index in [1.54, 1.807) is 36.5 Å². The van der Waals surface area contributed by atoms with Gasteiger partial charge in [-0.1, -0.05) is 55.5 Å². The highest BCUT2D eigenvalue weighted by Crippen LogP contribution is 2.27. The fourth-order valence-electron chi connectivity index (χ4n) is 3.05. The molecule has 0 aliphatic carbocycles. The zero-order chi connectivity index (χ0) is 20.8. The fraction of sp³-hybridized carbons (Fsp3) is 0.0800. The summed E-state index contributed by atoms with van der Waals surface area (Å²) in [6.45, 7) is 2.18. The van der Waals surface area contributed by atoms with Crippen molar-refractivity contribution in [3.8, 4) is 29.5 Å². The summed E-state index contributed by atoms with van der Waals surface area (Å²) >= 11 is 0. The minimum Gasteiger partial charge on any atom is -0.439 e. The first-order valence-electron chi connectivity index (χ1n) is 9.55. The number of hydrogen-bond donors (Lipinski definition) is 0. The van der Waals surface area contributed by atoms with E-state index in [1.165, 1.54) is 11.1 Å². The average Bonchev–Trinajstić information content (AvgIpc) is 2.80. The molecule has 30 heavy (non-hydrogen) atoms. The van der Waals surface area contributed by atoms with Gasteiger partial charge in [-0.2, -0.15) is 10.2 Å². The maximum atomic E-state index is 9.00. The first-order chi connectivity index (χ1) is 14.7. The molecule has 1 heterocycles. The van der Waals surface area contributed by atoms with Crippen molar-refractivity contribution in [3.05, 3.63) is 108 Å². The van der Waals surface area contributed by atoms with E-state index in [4.69, 9.17) is 14.7 Å². The monoisotopic (exact) mass is 393 g/mol. The van der Waals surface area contributed by atoms with Crippen molar-refractivity contribution >= 4 is 0 Å². The van der Waals surface area contributed by atoms with Crippen molar-refractivity contribution in [2.75, 3.05) is 0 Å². The summed E-state index contributed by atoms with van der Waals surface area (Å²) in [4.78, 5) is 8.43. The topological polar surface area (TPSA) is 68.0 Å². The molecular weight excluding hydrogens is 374 g/mol. The Morgan fingerprint density at radius 3 is 2.33 bits per heavy atom. The van der Waals surface area contributed by atoms with Gasteiger partial charge in [0.15, 0.2) is 0 Å². The highest BCUT2D eigenvalue weighted by Gasteiger charge is 2.09. The molecule has 5 heteroatoms.